The van der Waals surface area contributed by atoms with Crippen molar-refractivity contribution in [2.45, 2.75) is 58.0 Å². The van der Waals surface area contributed by atoms with Gasteiger partial charge in [-0.25, -0.2) is 4.79 Å². The van der Waals surface area contributed by atoms with E-state index < -0.39 is 41.6 Å². The van der Waals surface area contributed by atoms with Gasteiger partial charge in [0.2, 0.25) is 0 Å². The maximum absolute atomic E-state index is 12.0. The van der Waals surface area contributed by atoms with Gasteiger partial charge in [-0.3, -0.25) is 19.1 Å². The van der Waals surface area contributed by atoms with E-state index in [0.29, 0.717) is 12.0 Å². The highest BCUT2D eigenvalue weighted by molar-refractivity contribution is 5.75. The van der Waals surface area contributed by atoms with Crippen molar-refractivity contribution in [1.29, 1.82) is 0 Å². The van der Waals surface area contributed by atoms with Crippen LogP contribution in [0.15, 0.2) is 20.9 Å². The number of H-pyrrole nitrogens is 1. The molecule has 0 spiro atoms. The third-order valence-corrected chi connectivity index (χ3v) is 4.28. The van der Waals surface area contributed by atoms with E-state index >= 15 is 0 Å². The fourth-order valence-corrected chi connectivity index (χ4v) is 2.90. The minimum atomic E-state index is -0.753. The molecule has 0 aliphatic carbocycles. The van der Waals surface area contributed by atoms with Crippen molar-refractivity contribution in [2.75, 3.05) is 6.61 Å². The van der Waals surface area contributed by atoms with Crippen LogP contribution in [0.25, 0.3) is 10.4 Å². The number of aromatic amines is 1. The zero-order valence-electron chi connectivity index (χ0n) is 15.5. The maximum atomic E-state index is 12.0. The largest absolute Gasteiger partial charge is 0.462 e. The van der Waals surface area contributed by atoms with Crippen LogP contribution in [-0.2, 0) is 14.3 Å². The highest BCUT2D eigenvalue weighted by atomic mass is 16.6. The zero-order valence-corrected chi connectivity index (χ0v) is 15.5. The van der Waals surface area contributed by atoms with Crippen molar-refractivity contribution in [1.82, 2.24) is 9.55 Å². The van der Waals surface area contributed by atoms with Gasteiger partial charge < -0.3 is 15.2 Å². The number of ether oxygens (including phenoxy) is 2. The number of aryl methyl sites for hydroxylation is 1. The molecule has 148 valence electrons. The van der Waals surface area contributed by atoms with Gasteiger partial charge in [-0.15, -0.1) is 0 Å². The molecule has 1 aliphatic heterocycles. The zero-order chi connectivity index (χ0) is 20.1. The van der Waals surface area contributed by atoms with Crippen LogP contribution in [-0.4, -0.2) is 40.3 Å². The van der Waals surface area contributed by atoms with Gasteiger partial charge in [0, 0.05) is 23.1 Å². The molecule has 11 nitrogen and oxygen atoms in total. The molecule has 0 saturated carbocycles. The highest BCUT2D eigenvalue weighted by Gasteiger charge is 2.37. The van der Waals surface area contributed by atoms with E-state index in [0.717, 1.165) is 0 Å². The molecule has 1 unspecified atom stereocenters. The fourth-order valence-electron chi connectivity index (χ4n) is 2.90. The van der Waals surface area contributed by atoms with Crippen molar-refractivity contribution in [2.24, 2.45) is 16.8 Å². The Morgan fingerprint density at radius 2 is 2.26 bits per heavy atom. The second kappa shape index (κ2) is 8.85. The molecule has 3 N–H and O–H groups in total. The molecular formula is C16H24N6O5. The summed E-state index contributed by atoms with van der Waals surface area (Å²) in [6.07, 6.45) is 0.595. The number of azide groups is 1. The van der Waals surface area contributed by atoms with Gasteiger partial charge in [0.05, 0.1) is 6.04 Å². The SMILES string of the molecule is Cc1cn([C@H]2C[C@H](N=[N+]=[N-])[C@@H](COC(=O)C(N)CC(C)C)O2)c(=O)[nH]c1=O. The van der Waals surface area contributed by atoms with E-state index in [4.69, 9.17) is 20.7 Å². The fraction of sp³-hybridized carbons (Fsp3) is 0.688. The molecule has 0 aromatic carbocycles. The van der Waals surface area contributed by atoms with Crippen LogP contribution >= 0.6 is 0 Å². The monoisotopic (exact) mass is 380 g/mol. The molecule has 0 bridgehead atoms. The number of nitrogens with one attached hydrogen (secondary N) is 1. The van der Waals surface area contributed by atoms with Gasteiger partial charge in [-0.2, -0.15) is 0 Å². The number of aromatic nitrogens is 2. The van der Waals surface area contributed by atoms with E-state index in [1.807, 2.05) is 13.8 Å². The number of nitrogens with two attached hydrogens (primary N) is 1. The Morgan fingerprint density at radius 1 is 1.56 bits per heavy atom. The van der Waals surface area contributed by atoms with Crippen LogP contribution in [0.3, 0.4) is 0 Å². The van der Waals surface area contributed by atoms with Crippen molar-refractivity contribution in [3.63, 3.8) is 0 Å². The number of hydrogen-bond acceptors (Lipinski definition) is 7. The average Bonchev–Trinajstić information content (AvgIpc) is 2.98. The van der Waals surface area contributed by atoms with Crippen LogP contribution in [0.1, 0.15) is 38.5 Å². The Bertz CT molecular complexity index is 840. The lowest BCUT2D eigenvalue weighted by molar-refractivity contribution is -0.150. The summed E-state index contributed by atoms with van der Waals surface area (Å²) in [6.45, 7) is 5.30. The van der Waals surface area contributed by atoms with Gasteiger partial charge in [0.15, 0.2) is 0 Å². The Hall–Kier alpha value is -2.62. The van der Waals surface area contributed by atoms with Crippen LogP contribution < -0.4 is 17.0 Å². The summed E-state index contributed by atoms with van der Waals surface area (Å²) in [5.74, 6) is -0.321. The lowest BCUT2D eigenvalue weighted by atomic mass is 10.0. The van der Waals surface area contributed by atoms with Gasteiger partial charge >= 0.3 is 11.7 Å². The summed E-state index contributed by atoms with van der Waals surface area (Å²) in [5.41, 5.74) is 13.8. The smallest absolute Gasteiger partial charge is 0.330 e. The number of nitrogens with zero attached hydrogens (tertiary/aromatic N) is 4. The van der Waals surface area contributed by atoms with E-state index in [1.165, 1.54) is 10.8 Å². The molecule has 1 aromatic rings. The third kappa shape index (κ3) is 5.19. The predicted molar refractivity (Wildman–Crippen MR) is 95.9 cm³/mol. The lowest BCUT2D eigenvalue weighted by Gasteiger charge is -2.18. The first kappa shape index (κ1) is 20.7. The normalized spacial score (nSPS) is 23.1. The standard InChI is InChI=1S/C16H24N6O5/c1-8(2)4-10(17)15(24)26-7-12-11(20-21-18)5-13(27-12)22-6-9(3)14(23)19-16(22)25/h6,8,10-13H,4-5,7,17H2,1-3H3,(H,19,23,25)/t10?,11-,12+,13+/m0/s1. The highest BCUT2D eigenvalue weighted by Crippen LogP contribution is 2.30. The third-order valence-electron chi connectivity index (χ3n) is 4.28. The molecule has 1 fully saturated rings. The summed E-state index contributed by atoms with van der Waals surface area (Å²) in [5, 5.41) is 3.67. The van der Waals surface area contributed by atoms with Gasteiger partial charge in [-0.1, -0.05) is 19.0 Å². The number of hydrogen-bond donors (Lipinski definition) is 2. The maximum Gasteiger partial charge on any atom is 0.330 e. The first-order valence-corrected chi connectivity index (χ1v) is 8.66. The second-order valence-corrected chi connectivity index (χ2v) is 6.98. The van der Waals surface area contributed by atoms with Gasteiger partial charge in [-0.05, 0) is 24.8 Å². The van der Waals surface area contributed by atoms with E-state index in [-0.39, 0.29) is 18.9 Å². The molecule has 4 atom stereocenters. The van der Waals surface area contributed by atoms with Crippen LogP contribution in [0.4, 0.5) is 0 Å². The first-order chi connectivity index (χ1) is 12.7. The van der Waals surface area contributed by atoms with Crippen molar-refractivity contribution >= 4 is 5.97 Å². The van der Waals surface area contributed by atoms with Crippen molar-refractivity contribution < 1.29 is 14.3 Å². The Balaban J connectivity index is 2.10. The van der Waals surface area contributed by atoms with E-state index in [2.05, 4.69) is 15.0 Å². The van der Waals surface area contributed by atoms with Crippen LogP contribution in [0.2, 0.25) is 0 Å². The summed E-state index contributed by atoms with van der Waals surface area (Å²) in [4.78, 5) is 40.5. The molecule has 2 rings (SSSR count). The van der Waals surface area contributed by atoms with Crippen molar-refractivity contribution in [3.8, 4) is 0 Å². The minimum Gasteiger partial charge on any atom is -0.462 e. The first-order valence-electron chi connectivity index (χ1n) is 8.66. The molecule has 0 radical (unpaired) electrons. The summed E-state index contributed by atoms with van der Waals surface area (Å²) < 4.78 is 12.2. The summed E-state index contributed by atoms with van der Waals surface area (Å²) in [7, 11) is 0. The molecule has 11 heteroatoms. The molecule has 27 heavy (non-hydrogen) atoms. The Morgan fingerprint density at radius 3 is 2.89 bits per heavy atom. The molecular weight excluding hydrogens is 356 g/mol. The minimum absolute atomic E-state index is 0.151. The molecule has 1 aromatic heterocycles. The quantitative estimate of drug-likeness (QED) is 0.306. The average molecular weight is 380 g/mol. The van der Waals surface area contributed by atoms with E-state index in [9.17, 15) is 14.4 Å². The molecule has 2 heterocycles. The van der Waals surface area contributed by atoms with Crippen LogP contribution in [0, 0.1) is 12.8 Å². The molecule has 1 aliphatic rings. The number of carbonyl (C=O) groups excluding carboxylic acids is 1. The second-order valence-electron chi connectivity index (χ2n) is 6.98. The Labute approximate surface area is 155 Å². The number of esters is 1. The summed E-state index contributed by atoms with van der Waals surface area (Å²) in [6, 6.07) is -1.38. The Kier molecular flexibility index (Phi) is 6.78. The van der Waals surface area contributed by atoms with Gasteiger partial charge in [0.25, 0.3) is 5.56 Å². The summed E-state index contributed by atoms with van der Waals surface area (Å²) >= 11 is 0. The number of carbonyl (C=O) groups is 1. The lowest BCUT2D eigenvalue weighted by Crippen LogP contribution is -2.36. The number of rotatable bonds is 7. The predicted octanol–water partition coefficient (Wildman–Crippen LogP) is 0.728. The molecule has 0 amide bonds. The van der Waals surface area contributed by atoms with Crippen LogP contribution in [0.5, 0.6) is 0 Å². The van der Waals surface area contributed by atoms with Gasteiger partial charge in [0.1, 0.15) is 25.0 Å². The topological polar surface area (TPSA) is 165 Å². The van der Waals surface area contributed by atoms with Crippen molar-refractivity contribution in [3.05, 3.63) is 43.0 Å². The molecule has 1 saturated heterocycles. The van der Waals surface area contributed by atoms with E-state index in [1.54, 1.807) is 6.92 Å².